The van der Waals surface area contributed by atoms with Crippen LogP contribution in [0.25, 0.3) is 0 Å². The number of nitrogens with zero attached hydrogens (tertiary/aromatic N) is 4. The average molecular weight is 377 g/mol. The molecule has 2 aromatic rings. The zero-order chi connectivity index (χ0) is 16.2. The molecule has 0 saturated carbocycles. The van der Waals surface area contributed by atoms with E-state index in [0.29, 0.717) is 0 Å². The van der Waals surface area contributed by atoms with Crippen LogP contribution in [0.1, 0.15) is 52.4 Å². The van der Waals surface area contributed by atoms with E-state index in [1.54, 1.807) is 0 Å². The van der Waals surface area contributed by atoms with Crippen LogP contribution < -0.4 is 33.9 Å². The van der Waals surface area contributed by atoms with Crippen molar-refractivity contribution in [2.24, 2.45) is 14.1 Å². The van der Waals surface area contributed by atoms with Gasteiger partial charge in [-0.05, 0) is 19.3 Å². The molecule has 24 heavy (non-hydrogen) atoms. The molecule has 0 saturated heterocycles. The lowest BCUT2D eigenvalue weighted by Crippen LogP contribution is -3.00. The summed E-state index contributed by atoms with van der Waals surface area (Å²) in [5.74, 6) is 0. The lowest BCUT2D eigenvalue weighted by atomic mass is 10.2. The van der Waals surface area contributed by atoms with Gasteiger partial charge in [0.05, 0.1) is 27.2 Å². The molecule has 0 aromatic carbocycles. The van der Waals surface area contributed by atoms with Crippen LogP contribution >= 0.6 is 0 Å². The van der Waals surface area contributed by atoms with Gasteiger partial charge in [0.2, 0.25) is 12.7 Å². The Balaban J connectivity index is 0. The highest BCUT2D eigenvalue weighted by molar-refractivity contribution is 4.66. The number of imidazole rings is 2. The molecule has 0 amide bonds. The molecule has 2 rings (SSSR count). The number of aromatic nitrogens is 4. The Kier molecular flexibility index (Phi) is 16.3. The second-order valence-electron chi connectivity index (χ2n) is 6.05. The van der Waals surface area contributed by atoms with Gasteiger partial charge in [-0.1, -0.05) is 33.1 Å². The van der Waals surface area contributed by atoms with Gasteiger partial charge in [0.25, 0.3) is 0 Å². The molecule has 2 aromatic heterocycles. The number of hydrogen-bond acceptors (Lipinski definition) is 0. The molecule has 0 bridgehead atoms. The maximum atomic E-state index is 2.25. The third-order valence-electron chi connectivity index (χ3n) is 3.69. The molecule has 0 unspecified atom stereocenters. The van der Waals surface area contributed by atoms with E-state index in [-0.39, 0.29) is 24.8 Å². The second-order valence-corrected chi connectivity index (χ2v) is 6.05. The first-order valence-electron chi connectivity index (χ1n) is 8.67. The van der Waals surface area contributed by atoms with Gasteiger partial charge in [-0.15, -0.1) is 0 Å². The topological polar surface area (TPSA) is 17.6 Å². The fraction of sp³-hybridized carbons (Fsp3) is 0.667. The molecule has 2 heterocycles. The van der Waals surface area contributed by atoms with Crippen LogP contribution in [0.5, 0.6) is 0 Å². The van der Waals surface area contributed by atoms with E-state index >= 15 is 0 Å². The molecule has 140 valence electrons. The molecule has 0 fully saturated rings. The maximum absolute atomic E-state index is 2.25. The summed E-state index contributed by atoms with van der Waals surface area (Å²) in [6.07, 6.45) is 20.5. The van der Waals surface area contributed by atoms with Crippen molar-refractivity contribution in [1.82, 2.24) is 9.13 Å². The van der Waals surface area contributed by atoms with Crippen molar-refractivity contribution < 1.29 is 33.9 Å². The van der Waals surface area contributed by atoms with Crippen molar-refractivity contribution in [1.29, 1.82) is 0 Å². The molecule has 0 N–H and O–H groups in total. The van der Waals surface area contributed by atoms with Crippen molar-refractivity contribution in [3.63, 3.8) is 0 Å². The standard InChI is InChI=1S/C10H19N2.C8H15N2.2ClH/c1-3-4-5-6-7-12-9-8-11(2)10-12;1-3-4-5-10-7-6-9(2)8-10;;/h8-10H,3-7H2,1-2H3;6-8H,3-5H2,1-2H3;2*1H/q2*+1;;/p-2. The van der Waals surface area contributed by atoms with Crippen LogP contribution in [0.2, 0.25) is 0 Å². The number of aryl methyl sites for hydroxylation is 4. The normalized spacial score (nSPS) is 9.50. The van der Waals surface area contributed by atoms with Gasteiger partial charge in [-0.3, -0.25) is 0 Å². The summed E-state index contributed by atoms with van der Waals surface area (Å²) in [6.45, 7) is 6.78. The zero-order valence-electron chi connectivity index (χ0n) is 15.7. The van der Waals surface area contributed by atoms with E-state index in [2.05, 4.69) is 76.6 Å². The summed E-state index contributed by atoms with van der Waals surface area (Å²) in [5.41, 5.74) is 0. The summed E-state index contributed by atoms with van der Waals surface area (Å²) in [6, 6.07) is 0. The van der Waals surface area contributed by atoms with Gasteiger partial charge >= 0.3 is 0 Å². The molecular formula is C18H34Cl2N4. The van der Waals surface area contributed by atoms with Crippen LogP contribution in [0.3, 0.4) is 0 Å². The second kappa shape index (κ2) is 15.5. The first kappa shape index (κ1) is 25.2. The Bertz CT molecular complexity index is 509. The Hall–Kier alpha value is -1.00. The summed E-state index contributed by atoms with van der Waals surface area (Å²) in [4.78, 5) is 0. The monoisotopic (exact) mass is 376 g/mol. The number of hydrogen-bond donors (Lipinski definition) is 0. The van der Waals surface area contributed by atoms with E-state index in [1.165, 1.54) is 45.1 Å². The highest BCUT2D eigenvalue weighted by Gasteiger charge is 1.98. The first-order chi connectivity index (χ1) is 10.7. The van der Waals surface area contributed by atoms with Gasteiger partial charge in [0.15, 0.2) is 0 Å². The third-order valence-corrected chi connectivity index (χ3v) is 3.69. The van der Waals surface area contributed by atoms with E-state index in [1.807, 2.05) is 7.05 Å². The Morgan fingerprint density at radius 1 is 0.667 bits per heavy atom. The maximum Gasteiger partial charge on any atom is 0.243 e. The number of halogens is 2. The fourth-order valence-electron chi connectivity index (χ4n) is 2.33. The van der Waals surface area contributed by atoms with Crippen LogP contribution in [0.4, 0.5) is 0 Å². The van der Waals surface area contributed by atoms with Gasteiger partial charge in [0.1, 0.15) is 24.8 Å². The van der Waals surface area contributed by atoms with E-state index in [9.17, 15) is 0 Å². The molecular weight excluding hydrogens is 343 g/mol. The van der Waals surface area contributed by atoms with E-state index in [4.69, 9.17) is 0 Å². The zero-order valence-corrected chi connectivity index (χ0v) is 17.2. The molecule has 0 atom stereocenters. The van der Waals surface area contributed by atoms with Crippen LogP contribution in [-0.2, 0) is 27.2 Å². The smallest absolute Gasteiger partial charge is 0.243 e. The molecule has 0 spiro atoms. The molecule has 6 heteroatoms. The van der Waals surface area contributed by atoms with Crippen molar-refractivity contribution >= 4 is 0 Å². The van der Waals surface area contributed by atoms with Gasteiger partial charge in [-0.2, -0.15) is 0 Å². The van der Waals surface area contributed by atoms with Crippen molar-refractivity contribution in [2.45, 2.75) is 65.5 Å². The Morgan fingerprint density at radius 3 is 1.50 bits per heavy atom. The van der Waals surface area contributed by atoms with Crippen molar-refractivity contribution in [2.75, 3.05) is 0 Å². The van der Waals surface area contributed by atoms with Crippen molar-refractivity contribution in [3.05, 3.63) is 37.4 Å². The summed E-state index contributed by atoms with van der Waals surface area (Å²) in [7, 11) is 4.10. The Morgan fingerprint density at radius 2 is 1.12 bits per heavy atom. The predicted molar refractivity (Wildman–Crippen MR) is 90.3 cm³/mol. The molecule has 0 radical (unpaired) electrons. The van der Waals surface area contributed by atoms with Gasteiger partial charge < -0.3 is 24.8 Å². The lowest BCUT2D eigenvalue weighted by molar-refractivity contribution is -0.671. The average Bonchev–Trinajstić information content (AvgIpc) is 3.11. The van der Waals surface area contributed by atoms with Gasteiger partial charge in [-0.25, -0.2) is 18.3 Å². The minimum absolute atomic E-state index is 0. The van der Waals surface area contributed by atoms with Crippen LogP contribution in [0.15, 0.2) is 37.4 Å². The summed E-state index contributed by atoms with van der Waals surface area (Å²) >= 11 is 0. The van der Waals surface area contributed by atoms with E-state index in [0.717, 1.165) is 6.54 Å². The minimum Gasteiger partial charge on any atom is -1.00 e. The van der Waals surface area contributed by atoms with E-state index < -0.39 is 0 Å². The molecule has 0 aliphatic heterocycles. The van der Waals surface area contributed by atoms with Gasteiger partial charge in [0, 0.05) is 0 Å². The SMILES string of the molecule is CCCCCCn1cc[n+](C)c1.CCCCn1cc[n+](C)c1.[Cl-].[Cl-]. The number of unbranched alkanes of at least 4 members (excludes halogenated alkanes) is 4. The Labute approximate surface area is 160 Å². The lowest BCUT2D eigenvalue weighted by Gasteiger charge is -1.95. The highest BCUT2D eigenvalue weighted by Crippen LogP contribution is 2.00. The van der Waals surface area contributed by atoms with Crippen LogP contribution in [-0.4, -0.2) is 9.13 Å². The third kappa shape index (κ3) is 11.5. The van der Waals surface area contributed by atoms with Crippen LogP contribution in [0, 0.1) is 0 Å². The highest BCUT2D eigenvalue weighted by atomic mass is 35.5. The first-order valence-corrected chi connectivity index (χ1v) is 8.67. The molecule has 0 aliphatic rings. The largest absolute Gasteiger partial charge is 1.00 e. The van der Waals surface area contributed by atoms with Crippen molar-refractivity contribution in [3.8, 4) is 0 Å². The predicted octanol–water partition coefficient (Wildman–Crippen LogP) is -2.99. The molecule has 0 aliphatic carbocycles. The molecule has 4 nitrogen and oxygen atoms in total. The minimum atomic E-state index is 0. The fourth-order valence-corrected chi connectivity index (χ4v) is 2.33. The number of rotatable bonds is 8. The summed E-state index contributed by atoms with van der Waals surface area (Å²) in [5, 5.41) is 0. The summed E-state index contributed by atoms with van der Waals surface area (Å²) < 4.78 is 8.61. The quantitative estimate of drug-likeness (QED) is 0.345.